The molecule has 0 spiro atoms. The third kappa shape index (κ3) is 2.12. The van der Waals surface area contributed by atoms with E-state index in [0.29, 0.717) is 14.2 Å². The Morgan fingerprint density at radius 1 is 1.00 bits per heavy atom. The van der Waals surface area contributed by atoms with Gasteiger partial charge in [-0.1, -0.05) is 11.1 Å². The minimum Gasteiger partial charge on any atom is -0.383 e. The van der Waals surface area contributed by atoms with Gasteiger partial charge in [0.2, 0.25) is 0 Å². The van der Waals surface area contributed by atoms with Crippen molar-refractivity contribution in [1.82, 2.24) is 0 Å². The highest BCUT2D eigenvalue weighted by molar-refractivity contribution is 7.14. The Balaban J connectivity index is 5.00. The molecule has 0 aliphatic heterocycles. The van der Waals surface area contributed by atoms with Crippen LogP contribution in [0.4, 0.5) is 22.0 Å². The largest absolute Gasteiger partial charge is 0.528 e. The Hall–Kier alpha value is 0.0769. The summed E-state index contributed by atoms with van der Waals surface area (Å²) < 4.78 is 68.1. The van der Waals surface area contributed by atoms with Crippen LogP contribution in [0.25, 0.3) is 0 Å². The highest BCUT2D eigenvalue weighted by Crippen LogP contribution is 2.44. The van der Waals surface area contributed by atoms with Crippen molar-refractivity contribution in [1.29, 1.82) is 0 Å². The van der Waals surface area contributed by atoms with Crippen molar-refractivity contribution in [3.8, 4) is 0 Å². The summed E-state index contributed by atoms with van der Waals surface area (Å²) in [5.41, 5.74) is -5.15. The van der Waals surface area contributed by atoms with Crippen LogP contribution in [0.15, 0.2) is 0 Å². The van der Waals surface area contributed by atoms with Crippen molar-refractivity contribution in [3.63, 3.8) is 0 Å². The molecule has 0 amide bonds. The maximum Gasteiger partial charge on any atom is 0.528 e. The zero-order valence-electron chi connectivity index (χ0n) is 6.58. The van der Waals surface area contributed by atoms with Gasteiger partial charge in [0.15, 0.2) is 0 Å². The number of rotatable bonds is 3. The number of alkyl halides is 5. The normalized spacial score (nSPS) is 14.8. The lowest BCUT2D eigenvalue weighted by Crippen LogP contribution is -2.60. The van der Waals surface area contributed by atoms with Gasteiger partial charge in [0.25, 0.3) is 0 Å². The third-order valence-electron chi connectivity index (χ3n) is 1.26. The molecule has 0 saturated carbocycles. The second-order valence-electron chi connectivity index (χ2n) is 2.02. The summed E-state index contributed by atoms with van der Waals surface area (Å²) in [6.45, 7) is 0. The second-order valence-corrected chi connectivity index (χ2v) is 6.03. The van der Waals surface area contributed by atoms with E-state index in [1.54, 1.807) is 0 Å². The summed E-state index contributed by atoms with van der Waals surface area (Å²) in [4.78, 5) is 0. The first-order chi connectivity index (χ1) is 5.62. The molecule has 13 heavy (non-hydrogen) atoms. The lowest BCUT2D eigenvalue weighted by Gasteiger charge is -2.29. The van der Waals surface area contributed by atoms with E-state index in [1.165, 1.54) is 0 Å². The molecule has 0 atom stereocenters. The van der Waals surface area contributed by atoms with Crippen LogP contribution in [0.1, 0.15) is 0 Å². The van der Waals surface area contributed by atoms with Crippen LogP contribution in [0, 0.1) is 0 Å². The molecule has 0 heterocycles. The van der Waals surface area contributed by atoms with Gasteiger partial charge in [-0.25, -0.2) is 0 Å². The predicted octanol–water partition coefficient (Wildman–Crippen LogP) is 2.19. The Bertz CT molecular complexity index is 180. The second kappa shape index (κ2) is 3.68. The van der Waals surface area contributed by atoms with E-state index in [4.69, 9.17) is 11.1 Å². The van der Waals surface area contributed by atoms with Crippen LogP contribution in [0.2, 0.25) is 0 Å². The fourth-order valence-corrected chi connectivity index (χ4v) is 1.85. The van der Waals surface area contributed by atoms with Crippen molar-refractivity contribution in [2.75, 3.05) is 14.2 Å². The average molecular weight is 245 g/mol. The van der Waals surface area contributed by atoms with E-state index in [-0.39, 0.29) is 0 Å². The minimum absolute atomic E-state index is 0.641. The molecule has 0 aliphatic rings. The van der Waals surface area contributed by atoms with Crippen molar-refractivity contribution < 1.29 is 30.8 Å². The zero-order chi connectivity index (χ0) is 10.9. The maximum atomic E-state index is 12.5. The zero-order valence-corrected chi connectivity index (χ0v) is 8.34. The molecular weight excluding hydrogens is 239 g/mol. The van der Waals surface area contributed by atoms with Crippen LogP contribution < -0.4 is 0 Å². The molecular formula is C4H6ClF5O2Si. The first-order valence-corrected chi connectivity index (χ1v) is 5.69. The molecule has 0 aromatic heterocycles. The molecule has 0 aliphatic carbocycles. The van der Waals surface area contributed by atoms with Crippen LogP contribution in [-0.4, -0.2) is 33.8 Å². The Morgan fingerprint density at radius 3 is 1.38 bits per heavy atom. The Labute approximate surface area is 76.5 Å². The molecule has 0 aromatic carbocycles. The molecule has 0 saturated heterocycles. The third-order valence-corrected chi connectivity index (χ3v) is 4.98. The highest BCUT2D eigenvalue weighted by atomic mass is 35.6. The van der Waals surface area contributed by atoms with Crippen LogP contribution >= 0.6 is 11.1 Å². The van der Waals surface area contributed by atoms with Gasteiger partial charge in [0, 0.05) is 14.2 Å². The number of halogens is 6. The molecule has 0 N–H and O–H groups in total. The standard InChI is InChI=1S/C4H6ClF5O2Si/c1-11-13(5,12-2)4(9,10)3(6,7)8/h1-2H3. The lowest BCUT2D eigenvalue weighted by molar-refractivity contribution is -0.256. The van der Waals surface area contributed by atoms with Gasteiger partial charge in [-0.3, -0.25) is 0 Å². The molecule has 0 unspecified atom stereocenters. The SMILES string of the molecule is CO[Si](Cl)(OC)C(F)(F)C(F)(F)F. The first-order valence-electron chi connectivity index (χ1n) is 2.86. The lowest BCUT2D eigenvalue weighted by atomic mass is 10.7. The molecule has 0 radical (unpaired) electrons. The molecule has 80 valence electrons. The van der Waals surface area contributed by atoms with Crippen molar-refractivity contribution in [2.24, 2.45) is 0 Å². The summed E-state index contributed by atoms with van der Waals surface area (Å²) in [7, 11) is -3.76. The maximum absolute atomic E-state index is 12.5. The molecule has 0 aromatic rings. The summed E-state index contributed by atoms with van der Waals surface area (Å²) >= 11 is 4.91. The average Bonchev–Trinajstić information content (AvgIpc) is 2.00. The highest BCUT2D eigenvalue weighted by Gasteiger charge is 2.75. The molecule has 0 bridgehead atoms. The number of hydrogen-bond donors (Lipinski definition) is 0. The topological polar surface area (TPSA) is 18.5 Å². The summed E-state index contributed by atoms with van der Waals surface area (Å²) in [6, 6.07) is 0. The van der Waals surface area contributed by atoms with E-state index in [0.717, 1.165) is 0 Å². The van der Waals surface area contributed by atoms with Gasteiger partial charge in [-0.2, -0.15) is 22.0 Å². The van der Waals surface area contributed by atoms with E-state index in [9.17, 15) is 22.0 Å². The van der Waals surface area contributed by atoms with Crippen LogP contribution in [0.3, 0.4) is 0 Å². The summed E-state index contributed by atoms with van der Waals surface area (Å²) in [5.74, 6) is 0. The van der Waals surface area contributed by atoms with Gasteiger partial charge in [0.05, 0.1) is 0 Å². The molecule has 9 heteroatoms. The van der Waals surface area contributed by atoms with Gasteiger partial charge >= 0.3 is 19.6 Å². The van der Waals surface area contributed by atoms with E-state index in [2.05, 4.69) is 8.85 Å². The van der Waals surface area contributed by atoms with E-state index >= 15 is 0 Å². The number of hydrogen-bond acceptors (Lipinski definition) is 2. The summed E-state index contributed by atoms with van der Waals surface area (Å²) in [6.07, 6.45) is -5.77. The fraction of sp³-hybridized carbons (Fsp3) is 1.00. The molecule has 2 nitrogen and oxygen atoms in total. The van der Waals surface area contributed by atoms with Crippen LogP contribution in [0.5, 0.6) is 0 Å². The summed E-state index contributed by atoms with van der Waals surface area (Å²) in [5, 5.41) is 0. The predicted molar refractivity (Wildman–Crippen MR) is 36.6 cm³/mol. The van der Waals surface area contributed by atoms with Gasteiger partial charge < -0.3 is 8.85 Å². The van der Waals surface area contributed by atoms with Crippen molar-refractivity contribution in [2.45, 2.75) is 11.7 Å². The molecule has 0 rings (SSSR count). The smallest absolute Gasteiger partial charge is 0.383 e. The van der Waals surface area contributed by atoms with Crippen molar-refractivity contribution >= 4 is 18.9 Å². The first kappa shape index (κ1) is 13.1. The van der Waals surface area contributed by atoms with Gasteiger partial charge in [0.1, 0.15) is 0 Å². The Morgan fingerprint density at radius 2 is 1.31 bits per heavy atom. The van der Waals surface area contributed by atoms with E-state index in [1.807, 2.05) is 0 Å². The van der Waals surface area contributed by atoms with Crippen molar-refractivity contribution in [3.05, 3.63) is 0 Å². The fourth-order valence-electron chi connectivity index (χ4n) is 0.509. The quantitative estimate of drug-likeness (QED) is 0.430. The van der Waals surface area contributed by atoms with E-state index < -0.39 is 19.6 Å². The Kier molecular flexibility index (Phi) is 3.70. The van der Waals surface area contributed by atoms with Gasteiger partial charge in [-0.15, -0.1) is 0 Å². The van der Waals surface area contributed by atoms with Crippen LogP contribution in [-0.2, 0) is 8.85 Å². The monoisotopic (exact) mass is 244 g/mol. The molecule has 0 fully saturated rings. The van der Waals surface area contributed by atoms with Gasteiger partial charge in [-0.05, 0) is 0 Å². The minimum atomic E-state index is -5.77.